The van der Waals surface area contributed by atoms with Crippen LogP contribution in [0.5, 0.6) is 5.75 Å². The van der Waals surface area contributed by atoms with Crippen LogP contribution in [0.4, 0.5) is 4.39 Å². The van der Waals surface area contributed by atoms with Crippen molar-refractivity contribution in [2.24, 2.45) is 0 Å². The van der Waals surface area contributed by atoms with Crippen LogP contribution in [0, 0.1) is 17.1 Å². The Labute approximate surface area is 120 Å². The fraction of sp³-hybridized carbons (Fsp3) is 0.133. The molecule has 0 fully saturated rings. The molecule has 0 spiro atoms. The van der Waals surface area contributed by atoms with Gasteiger partial charge in [-0.1, -0.05) is 17.7 Å². The minimum absolute atomic E-state index is 0.0469. The van der Waals surface area contributed by atoms with E-state index in [9.17, 15) is 9.50 Å². The second kappa shape index (κ2) is 6.38. The van der Waals surface area contributed by atoms with Gasteiger partial charge in [0.05, 0.1) is 18.2 Å². The molecular weight excluding hydrogens is 281 g/mol. The maximum absolute atomic E-state index is 13.6. The lowest BCUT2D eigenvalue weighted by Gasteiger charge is -2.12. The molecule has 0 aliphatic carbocycles. The molecule has 0 bridgehead atoms. The van der Waals surface area contributed by atoms with Gasteiger partial charge in [0.2, 0.25) is 0 Å². The van der Waals surface area contributed by atoms with Gasteiger partial charge >= 0.3 is 0 Å². The largest absolute Gasteiger partial charge is 0.488 e. The molecule has 20 heavy (non-hydrogen) atoms. The molecule has 0 heterocycles. The number of nitrogens with zero attached hydrogens (tertiary/aromatic N) is 1. The molecule has 0 aromatic heterocycles. The van der Waals surface area contributed by atoms with E-state index >= 15 is 0 Å². The summed E-state index contributed by atoms with van der Waals surface area (Å²) in [6.45, 7) is -0.315. The normalized spacial score (nSPS) is 10.1. The first-order chi connectivity index (χ1) is 9.65. The van der Waals surface area contributed by atoms with E-state index in [4.69, 9.17) is 21.6 Å². The van der Waals surface area contributed by atoms with E-state index in [0.717, 1.165) is 0 Å². The van der Waals surface area contributed by atoms with Crippen molar-refractivity contribution < 1.29 is 14.2 Å². The summed E-state index contributed by atoms with van der Waals surface area (Å²) in [5.41, 5.74) is 1.08. The summed E-state index contributed by atoms with van der Waals surface area (Å²) in [5.74, 6) is -0.0571. The highest BCUT2D eigenvalue weighted by Crippen LogP contribution is 2.27. The molecule has 0 aliphatic rings. The van der Waals surface area contributed by atoms with Crippen molar-refractivity contribution in [2.45, 2.75) is 13.2 Å². The van der Waals surface area contributed by atoms with E-state index in [1.807, 2.05) is 6.07 Å². The van der Waals surface area contributed by atoms with Gasteiger partial charge in [0.25, 0.3) is 0 Å². The first-order valence-corrected chi connectivity index (χ1v) is 6.23. The van der Waals surface area contributed by atoms with E-state index in [0.29, 0.717) is 21.9 Å². The lowest BCUT2D eigenvalue weighted by molar-refractivity contribution is 0.257. The van der Waals surface area contributed by atoms with Crippen LogP contribution in [-0.2, 0) is 13.2 Å². The Morgan fingerprint density at radius 1 is 1.30 bits per heavy atom. The predicted octanol–water partition coefficient (Wildman–Crippen LogP) is 3.42. The number of hydrogen-bond donors (Lipinski definition) is 1. The Morgan fingerprint density at radius 2 is 2.10 bits per heavy atom. The van der Waals surface area contributed by atoms with Crippen molar-refractivity contribution in [1.29, 1.82) is 5.26 Å². The SMILES string of the molecule is N#Cc1ccc(F)c(COc2cccc(Cl)c2CO)c1. The summed E-state index contributed by atoms with van der Waals surface area (Å²) in [7, 11) is 0. The van der Waals surface area contributed by atoms with Gasteiger partial charge in [-0.15, -0.1) is 0 Å². The second-order valence-electron chi connectivity index (χ2n) is 4.08. The van der Waals surface area contributed by atoms with Gasteiger partial charge in [-0.2, -0.15) is 5.26 Å². The van der Waals surface area contributed by atoms with Gasteiger partial charge in [-0.3, -0.25) is 0 Å². The fourth-order valence-corrected chi connectivity index (χ4v) is 1.96. The topological polar surface area (TPSA) is 53.2 Å². The molecule has 2 aromatic carbocycles. The van der Waals surface area contributed by atoms with Gasteiger partial charge in [-0.05, 0) is 30.3 Å². The zero-order valence-electron chi connectivity index (χ0n) is 10.4. The van der Waals surface area contributed by atoms with E-state index in [1.54, 1.807) is 18.2 Å². The Hall–Kier alpha value is -2.09. The van der Waals surface area contributed by atoms with Gasteiger partial charge in [0, 0.05) is 16.1 Å². The van der Waals surface area contributed by atoms with E-state index in [1.165, 1.54) is 18.2 Å². The number of rotatable bonds is 4. The maximum Gasteiger partial charge on any atom is 0.129 e. The van der Waals surface area contributed by atoms with Gasteiger partial charge in [0.15, 0.2) is 0 Å². The molecule has 0 atom stereocenters. The standard InChI is InChI=1S/C15H11ClFNO2/c16-13-2-1-3-15(12(13)8-19)20-9-11-6-10(7-18)4-5-14(11)17/h1-6,19H,8-9H2. The van der Waals surface area contributed by atoms with E-state index < -0.39 is 5.82 Å². The number of aliphatic hydroxyl groups is 1. The average Bonchev–Trinajstić information content (AvgIpc) is 2.46. The predicted molar refractivity (Wildman–Crippen MR) is 72.8 cm³/mol. The molecule has 0 amide bonds. The number of halogens is 2. The van der Waals surface area contributed by atoms with Gasteiger partial charge in [0.1, 0.15) is 18.2 Å². The Balaban J connectivity index is 2.21. The summed E-state index contributed by atoms with van der Waals surface area (Å²) in [5, 5.41) is 18.4. The van der Waals surface area contributed by atoms with Crippen LogP contribution in [0.2, 0.25) is 5.02 Å². The highest BCUT2D eigenvalue weighted by molar-refractivity contribution is 6.31. The lowest BCUT2D eigenvalue weighted by Crippen LogP contribution is -2.02. The molecule has 0 radical (unpaired) electrons. The molecule has 3 nitrogen and oxygen atoms in total. The molecule has 0 aliphatic heterocycles. The lowest BCUT2D eigenvalue weighted by atomic mass is 10.1. The van der Waals surface area contributed by atoms with Crippen LogP contribution < -0.4 is 4.74 Å². The fourth-order valence-electron chi connectivity index (χ4n) is 1.74. The number of ether oxygens (including phenoxy) is 1. The molecule has 1 N–H and O–H groups in total. The van der Waals surface area contributed by atoms with Crippen molar-refractivity contribution in [2.75, 3.05) is 0 Å². The summed E-state index contributed by atoms with van der Waals surface area (Å²) >= 11 is 5.93. The molecule has 2 rings (SSSR count). The summed E-state index contributed by atoms with van der Waals surface area (Å²) in [6, 6.07) is 11.0. The zero-order chi connectivity index (χ0) is 14.5. The van der Waals surface area contributed by atoms with Crippen molar-refractivity contribution in [3.05, 3.63) is 63.9 Å². The highest BCUT2D eigenvalue weighted by atomic mass is 35.5. The smallest absolute Gasteiger partial charge is 0.129 e. The zero-order valence-corrected chi connectivity index (χ0v) is 11.2. The molecular formula is C15H11ClFNO2. The molecule has 2 aromatic rings. The van der Waals surface area contributed by atoms with E-state index in [-0.39, 0.29) is 18.8 Å². The Morgan fingerprint density at radius 3 is 2.80 bits per heavy atom. The van der Waals surface area contributed by atoms with Crippen LogP contribution in [0.3, 0.4) is 0 Å². The summed E-state index contributed by atoms with van der Waals surface area (Å²) in [6.07, 6.45) is 0. The number of benzene rings is 2. The Kier molecular flexibility index (Phi) is 4.57. The highest BCUT2D eigenvalue weighted by Gasteiger charge is 2.09. The molecule has 0 saturated carbocycles. The average molecular weight is 292 g/mol. The van der Waals surface area contributed by atoms with Crippen LogP contribution in [0.25, 0.3) is 0 Å². The van der Waals surface area contributed by atoms with Crippen LogP contribution >= 0.6 is 11.6 Å². The summed E-state index contributed by atoms with van der Waals surface area (Å²) in [4.78, 5) is 0. The van der Waals surface area contributed by atoms with Crippen molar-refractivity contribution in [3.8, 4) is 11.8 Å². The van der Waals surface area contributed by atoms with Gasteiger partial charge in [-0.25, -0.2) is 4.39 Å². The van der Waals surface area contributed by atoms with Crippen molar-refractivity contribution >= 4 is 11.6 Å². The third kappa shape index (κ3) is 3.08. The monoisotopic (exact) mass is 291 g/mol. The maximum atomic E-state index is 13.6. The van der Waals surface area contributed by atoms with Crippen molar-refractivity contribution in [3.63, 3.8) is 0 Å². The first kappa shape index (κ1) is 14.3. The second-order valence-corrected chi connectivity index (χ2v) is 4.49. The third-order valence-corrected chi connectivity index (χ3v) is 3.15. The van der Waals surface area contributed by atoms with Crippen molar-refractivity contribution in [1.82, 2.24) is 0 Å². The molecule has 0 unspecified atom stereocenters. The van der Waals surface area contributed by atoms with Crippen LogP contribution in [0.1, 0.15) is 16.7 Å². The summed E-state index contributed by atoms with van der Waals surface area (Å²) < 4.78 is 19.1. The molecule has 0 saturated heterocycles. The van der Waals surface area contributed by atoms with Crippen LogP contribution in [0.15, 0.2) is 36.4 Å². The molecule has 5 heteroatoms. The number of nitriles is 1. The third-order valence-electron chi connectivity index (χ3n) is 2.79. The Bertz CT molecular complexity index is 665. The minimum atomic E-state index is -0.448. The first-order valence-electron chi connectivity index (χ1n) is 5.85. The van der Waals surface area contributed by atoms with Gasteiger partial charge < -0.3 is 9.84 Å². The minimum Gasteiger partial charge on any atom is -0.488 e. The van der Waals surface area contributed by atoms with Crippen LogP contribution in [-0.4, -0.2) is 5.11 Å². The van der Waals surface area contributed by atoms with E-state index in [2.05, 4.69) is 0 Å². The molecule has 102 valence electrons. The number of aliphatic hydroxyl groups excluding tert-OH is 1. The quantitative estimate of drug-likeness (QED) is 0.939. The number of hydrogen-bond acceptors (Lipinski definition) is 3.